The molecular formula is C20H32Cl2FN3O3S. The highest BCUT2D eigenvalue weighted by Crippen LogP contribution is 2.43. The number of amides is 1. The third kappa shape index (κ3) is 5.10. The fourth-order valence-electron chi connectivity index (χ4n) is 4.00. The topological polar surface area (TPSA) is 69.7 Å². The summed E-state index contributed by atoms with van der Waals surface area (Å²) in [6.45, 7) is 12.1. The summed E-state index contributed by atoms with van der Waals surface area (Å²) in [5.74, 6) is -0.828. The van der Waals surface area contributed by atoms with E-state index in [-0.39, 0.29) is 42.2 Å². The number of hydrogen-bond acceptors (Lipinski definition) is 5. The van der Waals surface area contributed by atoms with E-state index in [2.05, 4.69) is 17.1 Å². The van der Waals surface area contributed by atoms with Gasteiger partial charge in [-0.3, -0.25) is 9.69 Å². The molecule has 2 aliphatic heterocycles. The zero-order valence-electron chi connectivity index (χ0n) is 18.1. The number of hydrogen-bond donors (Lipinski definition) is 1. The summed E-state index contributed by atoms with van der Waals surface area (Å²) < 4.78 is 39.9. The minimum absolute atomic E-state index is 0. The molecule has 0 radical (unpaired) electrons. The van der Waals surface area contributed by atoms with E-state index in [9.17, 15) is 17.6 Å². The van der Waals surface area contributed by atoms with Crippen LogP contribution in [0.5, 0.6) is 0 Å². The van der Waals surface area contributed by atoms with Crippen LogP contribution in [-0.4, -0.2) is 63.2 Å². The Hall–Kier alpha value is -0.930. The number of sulfone groups is 1. The summed E-state index contributed by atoms with van der Waals surface area (Å²) in [6, 6.07) is 2.97. The number of piperazine rings is 1. The molecule has 0 spiro atoms. The highest BCUT2D eigenvalue weighted by molar-refractivity contribution is 7.92. The van der Waals surface area contributed by atoms with Gasteiger partial charge in [0.1, 0.15) is 10.7 Å². The molecule has 1 atom stereocenters. The Morgan fingerprint density at radius 1 is 1.30 bits per heavy atom. The molecular weight excluding hydrogens is 452 g/mol. The molecule has 172 valence electrons. The fraction of sp³-hybridized carbons (Fsp3) is 0.650. The Labute approximate surface area is 191 Å². The van der Waals surface area contributed by atoms with E-state index in [0.29, 0.717) is 23.8 Å². The van der Waals surface area contributed by atoms with Gasteiger partial charge in [0.2, 0.25) is 5.91 Å². The van der Waals surface area contributed by atoms with E-state index < -0.39 is 26.3 Å². The van der Waals surface area contributed by atoms with Crippen molar-refractivity contribution in [2.24, 2.45) is 0 Å². The number of rotatable bonds is 4. The van der Waals surface area contributed by atoms with Crippen LogP contribution in [0.3, 0.4) is 0 Å². The zero-order valence-corrected chi connectivity index (χ0v) is 20.5. The first-order chi connectivity index (χ1) is 12.9. The van der Waals surface area contributed by atoms with Crippen molar-refractivity contribution in [2.45, 2.75) is 56.2 Å². The maximum absolute atomic E-state index is 14.7. The van der Waals surface area contributed by atoms with Crippen LogP contribution in [-0.2, 0) is 20.0 Å². The van der Waals surface area contributed by atoms with Crippen LogP contribution in [0, 0.1) is 5.82 Å². The molecule has 1 N–H and O–H groups in total. The van der Waals surface area contributed by atoms with Gasteiger partial charge < -0.3 is 10.2 Å². The first-order valence-electron chi connectivity index (χ1n) is 9.77. The number of carbonyl (C=O) groups excluding carboxylic acids is 1. The zero-order chi connectivity index (χ0) is 20.9. The molecule has 0 aliphatic carbocycles. The molecule has 0 aromatic heterocycles. The van der Waals surface area contributed by atoms with Crippen LogP contribution in [0.4, 0.5) is 10.1 Å². The second-order valence-electron chi connectivity index (χ2n) is 8.85. The summed E-state index contributed by atoms with van der Waals surface area (Å²) in [5, 5.41) is 2.61. The highest BCUT2D eigenvalue weighted by Gasteiger charge is 2.40. The van der Waals surface area contributed by atoms with Crippen LogP contribution >= 0.6 is 24.8 Å². The third-order valence-electron chi connectivity index (χ3n) is 5.66. The summed E-state index contributed by atoms with van der Waals surface area (Å²) in [4.78, 5) is 16.5. The maximum Gasteiger partial charge on any atom is 0.241 e. The van der Waals surface area contributed by atoms with Crippen molar-refractivity contribution in [1.29, 1.82) is 0 Å². The lowest BCUT2D eigenvalue weighted by Gasteiger charge is -2.32. The monoisotopic (exact) mass is 483 g/mol. The molecule has 1 saturated heterocycles. The molecule has 0 bridgehead atoms. The SMILES string of the molecule is CC(C)S(=O)(=O)c1cc2c(cc1F)C(C)(C)CN2C(=O)CN1CCN[C@H](C)C1.Cl.Cl. The lowest BCUT2D eigenvalue weighted by Crippen LogP contribution is -2.52. The number of fused-ring (bicyclic) bond motifs is 1. The predicted octanol–water partition coefficient (Wildman–Crippen LogP) is 2.77. The van der Waals surface area contributed by atoms with Gasteiger partial charge in [-0.2, -0.15) is 0 Å². The quantitative estimate of drug-likeness (QED) is 0.712. The van der Waals surface area contributed by atoms with Crippen molar-refractivity contribution in [2.75, 3.05) is 37.6 Å². The fourth-order valence-corrected chi connectivity index (χ4v) is 5.12. The van der Waals surface area contributed by atoms with Crippen LogP contribution in [0.2, 0.25) is 0 Å². The Morgan fingerprint density at radius 3 is 2.50 bits per heavy atom. The summed E-state index contributed by atoms with van der Waals surface area (Å²) in [6.07, 6.45) is 0. The minimum atomic E-state index is -3.78. The first-order valence-corrected chi connectivity index (χ1v) is 11.3. The van der Waals surface area contributed by atoms with Gasteiger partial charge in [-0.15, -0.1) is 24.8 Å². The van der Waals surface area contributed by atoms with E-state index in [1.807, 2.05) is 13.8 Å². The first kappa shape index (κ1) is 27.1. The molecule has 1 fully saturated rings. The maximum atomic E-state index is 14.7. The van der Waals surface area contributed by atoms with Crippen molar-refractivity contribution >= 4 is 46.2 Å². The van der Waals surface area contributed by atoms with Crippen molar-refractivity contribution < 1.29 is 17.6 Å². The molecule has 2 heterocycles. The molecule has 0 saturated carbocycles. The number of benzene rings is 1. The molecule has 10 heteroatoms. The normalized spacial score (nSPS) is 21.0. The molecule has 30 heavy (non-hydrogen) atoms. The van der Waals surface area contributed by atoms with Crippen molar-refractivity contribution in [3.63, 3.8) is 0 Å². The van der Waals surface area contributed by atoms with Gasteiger partial charge in [0, 0.05) is 43.3 Å². The Bertz CT molecular complexity index is 894. The average molecular weight is 484 g/mol. The second-order valence-corrected chi connectivity index (χ2v) is 11.3. The van der Waals surface area contributed by atoms with Gasteiger partial charge in [-0.05, 0) is 38.5 Å². The van der Waals surface area contributed by atoms with Crippen molar-refractivity contribution in [1.82, 2.24) is 10.2 Å². The van der Waals surface area contributed by atoms with Crippen molar-refractivity contribution in [3.05, 3.63) is 23.5 Å². The third-order valence-corrected chi connectivity index (χ3v) is 7.83. The molecule has 0 unspecified atom stereocenters. The lowest BCUT2D eigenvalue weighted by molar-refractivity contribution is -0.120. The standard InChI is InChI=1S/C20H30FN3O3S.2ClH/c1-13(2)28(26,27)18-9-17-15(8-16(18)21)20(4,5)12-24(17)19(25)11-23-7-6-22-14(3)10-23;;/h8-9,13-14,22H,6-7,10-12H2,1-5H3;2*1H/t14-;;/m1../s1. The van der Waals surface area contributed by atoms with E-state index in [1.165, 1.54) is 26.0 Å². The van der Waals surface area contributed by atoms with E-state index >= 15 is 0 Å². The minimum Gasteiger partial charge on any atom is -0.312 e. The summed E-state index contributed by atoms with van der Waals surface area (Å²) >= 11 is 0. The summed E-state index contributed by atoms with van der Waals surface area (Å²) in [7, 11) is -3.78. The van der Waals surface area contributed by atoms with Crippen LogP contribution in [0.25, 0.3) is 0 Å². The highest BCUT2D eigenvalue weighted by atomic mass is 35.5. The van der Waals surface area contributed by atoms with Gasteiger partial charge in [0.25, 0.3) is 0 Å². The molecule has 1 aromatic carbocycles. The van der Waals surface area contributed by atoms with E-state index in [0.717, 1.165) is 19.6 Å². The predicted molar refractivity (Wildman–Crippen MR) is 123 cm³/mol. The molecule has 3 rings (SSSR count). The molecule has 1 aromatic rings. The Balaban J connectivity index is 0.00000225. The van der Waals surface area contributed by atoms with E-state index in [1.54, 1.807) is 4.90 Å². The number of nitrogens with one attached hydrogen (secondary N) is 1. The second kappa shape index (κ2) is 9.69. The van der Waals surface area contributed by atoms with Gasteiger partial charge in [-0.25, -0.2) is 12.8 Å². The average Bonchev–Trinajstić information content (AvgIpc) is 2.85. The van der Waals surface area contributed by atoms with E-state index in [4.69, 9.17) is 0 Å². The number of carbonyl (C=O) groups is 1. The van der Waals surface area contributed by atoms with Gasteiger partial charge >= 0.3 is 0 Å². The largest absolute Gasteiger partial charge is 0.312 e. The van der Waals surface area contributed by atoms with Gasteiger partial charge in [0.15, 0.2) is 9.84 Å². The number of halogens is 3. The molecule has 2 aliphatic rings. The Kier molecular flexibility index (Phi) is 8.76. The van der Waals surface area contributed by atoms with Gasteiger partial charge in [-0.1, -0.05) is 13.8 Å². The Morgan fingerprint density at radius 2 is 1.93 bits per heavy atom. The van der Waals surface area contributed by atoms with Crippen LogP contribution in [0.15, 0.2) is 17.0 Å². The molecule has 6 nitrogen and oxygen atoms in total. The number of anilines is 1. The summed E-state index contributed by atoms with van der Waals surface area (Å²) in [5.41, 5.74) is 0.747. The molecule has 1 amide bonds. The smallest absolute Gasteiger partial charge is 0.241 e. The lowest BCUT2D eigenvalue weighted by atomic mass is 9.87. The van der Waals surface area contributed by atoms with Crippen molar-refractivity contribution in [3.8, 4) is 0 Å². The van der Waals surface area contributed by atoms with Gasteiger partial charge in [0.05, 0.1) is 11.8 Å². The van der Waals surface area contributed by atoms with Crippen LogP contribution in [0.1, 0.15) is 40.2 Å². The number of nitrogens with zero attached hydrogens (tertiary/aromatic N) is 2. The van der Waals surface area contributed by atoms with Crippen LogP contribution < -0.4 is 10.2 Å².